The molecular weight excluding hydrogens is 344 g/mol. The SMILES string of the molecule is CC(C)(C)OC(=O)N1CCCCC1C(=O)Nc1ccc(N2CCCC2)nc1. The summed E-state index contributed by atoms with van der Waals surface area (Å²) in [6, 6.07) is 3.30. The van der Waals surface area contributed by atoms with Gasteiger partial charge < -0.3 is 15.0 Å². The molecule has 0 bridgehead atoms. The summed E-state index contributed by atoms with van der Waals surface area (Å²) in [6.45, 7) is 8.10. The van der Waals surface area contributed by atoms with Crippen LogP contribution in [0.25, 0.3) is 0 Å². The third-order valence-electron chi connectivity index (χ3n) is 4.88. The van der Waals surface area contributed by atoms with Crippen LogP contribution in [0.15, 0.2) is 18.3 Å². The molecule has 1 atom stereocenters. The van der Waals surface area contributed by atoms with Crippen LogP contribution < -0.4 is 10.2 Å². The maximum atomic E-state index is 12.8. The molecule has 0 radical (unpaired) electrons. The zero-order valence-corrected chi connectivity index (χ0v) is 16.5. The number of hydrogen-bond donors (Lipinski definition) is 1. The number of amides is 2. The van der Waals surface area contributed by atoms with E-state index in [1.165, 1.54) is 12.8 Å². The average molecular weight is 374 g/mol. The van der Waals surface area contributed by atoms with Gasteiger partial charge in [-0.25, -0.2) is 9.78 Å². The maximum Gasteiger partial charge on any atom is 0.410 e. The predicted octanol–water partition coefficient (Wildman–Crippen LogP) is 3.41. The van der Waals surface area contributed by atoms with Crippen LogP contribution in [-0.4, -0.2) is 53.2 Å². The average Bonchev–Trinajstić information content (AvgIpc) is 3.15. The number of nitrogens with one attached hydrogen (secondary N) is 1. The van der Waals surface area contributed by atoms with Crippen LogP contribution in [-0.2, 0) is 9.53 Å². The monoisotopic (exact) mass is 374 g/mol. The van der Waals surface area contributed by atoms with Gasteiger partial charge in [0.15, 0.2) is 0 Å². The Hall–Kier alpha value is -2.31. The van der Waals surface area contributed by atoms with Crippen molar-refractivity contribution in [1.82, 2.24) is 9.88 Å². The molecule has 0 spiro atoms. The van der Waals surface area contributed by atoms with E-state index in [9.17, 15) is 9.59 Å². The molecular formula is C20H30N4O3. The third-order valence-corrected chi connectivity index (χ3v) is 4.88. The molecule has 1 unspecified atom stereocenters. The molecule has 3 heterocycles. The minimum Gasteiger partial charge on any atom is -0.444 e. The first-order valence-electron chi connectivity index (χ1n) is 9.85. The van der Waals surface area contributed by atoms with Gasteiger partial charge in [0.25, 0.3) is 0 Å². The summed E-state index contributed by atoms with van der Waals surface area (Å²) in [4.78, 5) is 33.5. The molecule has 2 amide bonds. The van der Waals surface area contributed by atoms with Crippen molar-refractivity contribution in [2.45, 2.75) is 64.5 Å². The van der Waals surface area contributed by atoms with E-state index in [0.29, 0.717) is 18.7 Å². The number of aromatic nitrogens is 1. The number of ether oxygens (including phenoxy) is 1. The summed E-state index contributed by atoms with van der Waals surface area (Å²) in [5.41, 5.74) is 0.0721. The van der Waals surface area contributed by atoms with E-state index in [-0.39, 0.29) is 5.91 Å². The first-order valence-corrected chi connectivity index (χ1v) is 9.85. The topological polar surface area (TPSA) is 74.8 Å². The Kier molecular flexibility index (Phi) is 5.87. The van der Waals surface area contributed by atoms with Gasteiger partial charge in [-0.1, -0.05) is 0 Å². The Morgan fingerprint density at radius 2 is 1.81 bits per heavy atom. The van der Waals surface area contributed by atoms with Crippen molar-refractivity contribution < 1.29 is 14.3 Å². The molecule has 7 heteroatoms. The van der Waals surface area contributed by atoms with E-state index in [1.807, 2.05) is 32.9 Å². The van der Waals surface area contributed by atoms with E-state index in [0.717, 1.165) is 31.7 Å². The largest absolute Gasteiger partial charge is 0.444 e. The molecule has 1 aromatic heterocycles. The molecule has 1 aromatic rings. The smallest absolute Gasteiger partial charge is 0.410 e. The van der Waals surface area contributed by atoms with E-state index in [1.54, 1.807) is 11.1 Å². The highest BCUT2D eigenvalue weighted by atomic mass is 16.6. The van der Waals surface area contributed by atoms with Gasteiger partial charge in [-0.05, 0) is 65.0 Å². The van der Waals surface area contributed by atoms with Gasteiger partial charge in [0.2, 0.25) is 5.91 Å². The summed E-state index contributed by atoms with van der Waals surface area (Å²) in [7, 11) is 0. The second kappa shape index (κ2) is 8.15. The second-order valence-electron chi connectivity index (χ2n) is 8.27. The molecule has 0 aliphatic carbocycles. The fourth-order valence-electron chi connectivity index (χ4n) is 3.56. The summed E-state index contributed by atoms with van der Waals surface area (Å²) < 4.78 is 5.47. The number of likely N-dealkylation sites (tertiary alicyclic amines) is 1. The zero-order chi connectivity index (χ0) is 19.4. The van der Waals surface area contributed by atoms with Gasteiger partial charge >= 0.3 is 6.09 Å². The van der Waals surface area contributed by atoms with Crippen LogP contribution in [0, 0.1) is 0 Å². The quantitative estimate of drug-likeness (QED) is 0.877. The molecule has 2 fully saturated rings. The molecule has 2 saturated heterocycles. The van der Waals surface area contributed by atoms with Crippen molar-refractivity contribution in [3.8, 4) is 0 Å². The van der Waals surface area contributed by atoms with Gasteiger partial charge in [0, 0.05) is 19.6 Å². The Morgan fingerprint density at radius 3 is 2.44 bits per heavy atom. The number of carbonyl (C=O) groups excluding carboxylic acids is 2. The van der Waals surface area contributed by atoms with Crippen LogP contribution in [0.4, 0.5) is 16.3 Å². The first-order chi connectivity index (χ1) is 12.8. The standard InChI is InChI=1S/C20H30N4O3/c1-20(2,3)27-19(26)24-13-5-4-8-16(24)18(25)22-15-9-10-17(21-14-15)23-11-6-7-12-23/h9-10,14,16H,4-8,11-13H2,1-3H3,(H,22,25). The van der Waals surface area contributed by atoms with Crippen molar-refractivity contribution >= 4 is 23.5 Å². The summed E-state index contributed by atoms with van der Waals surface area (Å²) in [5, 5.41) is 2.91. The summed E-state index contributed by atoms with van der Waals surface area (Å²) >= 11 is 0. The number of pyridine rings is 1. The molecule has 0 aromatic carbocycles. The lowest BCUT2D eigenvalue weighted by atomic mass is 10.0. The molecule has 3 rings (SSSR count). The Bertz CT molecular complexity index is 663. The first kappa shape index (κ1) is 19.5. The van der Waals surface area contributed by atoms with E-state index in [4.69, 9.17) is 4.74 Å². The lowest BCUT2D eigenvalue weighted by Gasteiger charge is -2.35. The predicted molar refractivity (Wildman–Crippen MR) is 105 cm³/mol. The van der Waals surface area contributed by atoms with Gasteiger partial charge in [0.1, 0.15) is 17.5 Å². The van der Waals surface area contributed by atoms with Crippen molar-refractivity contribution in [1.29, 1.82) is 0 Å². The number of anilines is 2. The van der Waals surface area contributed by atoms with E-state index >= 15 is 0 Å². The fourth-order valence-corrected chi connectivity index (χ4v) is 3.56. The Morgan fingerprint density at radius 1 is 1.11 bits per heavy atom. The van der Waals surface area contributed by atoms with Gasteiger partial charge in [-0.3, -0.25) is 9.69 Å². The van der Waals surface area contributed by atoms with Crippen LogP contribution in [0.2, 0.25) is 0 Å². The zero-order valence-electron chi connectivity index (χ0n) is 16.5. The Balaban J connectivity index is 1.63. The number of nitrogens with zero attached hydrogens (tertiary/aromatic N) is 3. The molecule has 1 N–H and O–H groups in total. The summed E-state index contributed by atoms with van der Waals surface area (Å²) in [5.74, 6) is 0.759. The fraction of sp³-hybridized carbons (Fsp3) is 0.650. The van der Waals surface area contributed by atoms with Crippen molar-refractivity contribution in [2.24, 2.45) is 0 Å². The van der Waals surface area contributed by atoms with E-state index in [2.05, 4.69) is 15.2 Å². The van der Waals surface area contributed by atoms with Gasteiger partial charge in [0.05, 0.1) is 11.9 Å². The number of piperidine rings is 1. The highest BCUT2D eigenvalue weighted by molar-refractivity contribution is 5.96. The number of carbonyl (C=O) groups is 2. The maximum absolute atomic E-state index is 12.8. The van der Waals surface area contributed by atoms with Crippen molar-refractivity contribution in [2.75, 3.05) is 29.9 Å². The molecule has 0 saturated carbocycles. The van der Waals surface area contributed by atoms with Crippen LogP contribution >= 0.6 is 0 Å². The van der Waals surface area contributed by atoms with Crippen molar-refractivity contribution in [3.63, 3.8) is 0 Å². The van der Waals surface area contributed by atoms with Gasteiger partial charge in [-0.15, -0.1) is 0 Å². The third kappa shape index (κ3) is 5.11. The molecule has 2 aliphatic heterocycles. The normalized spacial score (nSPS) is 20.5. The van der Waals surface area contributed by atoms with E-state index < -0.39 is 17.7 Å². The Labute approximate surface area is 161 Å². The minimum absolute atomic E-state index is 0.184. The lowest BCUT2D eigenvalue weighted by Crippen LogP contribution is -2.51. The molecule has 27 heavy (non-hydrogen) atoms. The van der Waals surface area contributed by atoms with Gasteiger partial charge in [-0.2, -0.15) is 0 Å². The summed E-state index contributed by atoms with van der Waals surface area (Å²) in [6.07, 6.45) is 6.10. The van der Waals surface area contributed by atoms with Crippen molar-refractivity contribution in [3.05, 3.63) is 18.3 Å². The van der Waals surface area contributed by atoms with Crippen LogP contribution in [0.5, 0.6) is 0 Å². The molecule has 148 valence electrons. The second-order valence-corrected chi connectivity index (χ2v) is 8.27. The number of hydrogen-bond acceptors (Lipinski definition) is 5. The molecule has 7 nitrogen and oxygen atoms in total. The van der Waals surface area contributed by atoms with Crippen LogP contribution in [0.1, 0.15) is 52.9 Å². The highest BCUT2D eigenvalue weighted by Crippen LogP contribution is 2.23. The lowest BCUT2D eigenvalue weighted by molar-refractivity contribution is -0.122. The van der Waals surface area contributed by atoms with Crippen LogP contribution in [0.3, 0.4) is 0 Å². The minimum atomic E-state index is -0.578. The molecule has 2 aliphatic rings. The number of rotatable bonds is 3. The highest BCUT2D eigenvalue weighted by Gasteiger charge is 2.34.